The Labute approximate surface area is 197 Å². The summed E-state index contributed by atoms with van der Waals surface area (Å²) < 4.78 is 43.0. The van der Waals surface area contributed by atoms with Gasteiger partial charge < -0.3 is 9.88 Å². The fraction of sp³-hybridized carbons (Fsp3) is 0.115. The molecule has 5 rings (SSSR count). The van der Waals surface area contributed by atoms with Gasteiger partial charge in [0.2, 0.25) is 5.91 Å². The Kier molecular flexibility index (Phi) is 5.60. The number of carbonyl (C=O) groups excluding carboxylic acids is 1. The molecule has 0 aliphatic carbocycles. The standard InChI is InChI=1S/C26H19F3N4O2/c27-26(28,29)19-11-5-6-12-20(19)31-22(34)15-33-21-13-7-4-10-18(21)23-24(33)25(35)32(16-30-23)14-17-8-2-1-3-9-17/h1-13,16H,14-15H2,(H,31,34). The number of hydrogen-bond donors (Lipinski definition) is 1. The highest BCUT2D eigenvalue weighted by molar-refractivity contribution is 6.06. The molecule has 35 heavy (non-hydrogen) atoms. The van der Waals surface area contributed by atoms with E-state index in [2.05, 4.69) is 10.3 Å². The Morgan fingerprint density at radius 1 is 0.914 bits per heavy atom. The van der Waals surface area contributed by atoms with Crippen LogP contribution >= 0.6 is 0 Å². The van der Waals surface area contributed by atoms with Crippen LogP contribution in [0.15, 0.2) is 90.0 Å². The lowest BCUT2D eigenvalue weighted by atomic mass is 10.1. The molecule has 9 heteroatoms. The topological polar surface area (TPSA) is 68.9 Å². The van der Waals surface area contributed by atoms with Crippen LogP contribution in [-0.4, -0.2) is 20.0 Å². The number of hydrogen-bond acceptors (Lipinski definition) is 3. The zero-order chi connectivity index (χ0) is 24.6. The molecule has 2 aromatic heterocycles. The number of nitrogens with one attached hydrogen (secondary N) is 1. The highest BCUT2D eigenvalue weighted by Crippen LogP contribution is 2.34. The lowest BCUT2D eigenvalue weighted by Gasteiger charge is -2.14. The van der Waals surface area contributed by atoms with E-state index < -0.39 is 17.6 Å². The quantitative estimate of drug-likeness (QED) is 0.386. The first-order valence-electron chi connectivity index (χ1n) is 10.8. The van der Waals surface area contributed by atoms with Gasteiger partial charge in [0.1, 0.15) is 17.6 Å². The number of rotatable bonds is 5. The fourth-order valence-corrected chi connectivity index (χ4v) is 4.18. The molecule has 0 unspecified atom stereocenters. The second-order valence-electron chi connectivity index (χ2n) is 8.06. The first kappa shape index (κ1) is 22.4. The van der Waals surface area contributed by atoms with Gasteiger partial charge in [-0.2, -0.15) is 13.2 Å². The summed E-state index contributed by atoms with van der Waals surface area (Å²) in [7, 11) is 0. The van der Waals surface area contributed by atoms with Gasteiger partial charge in [-0.3, -0.25) is 14.2 Å². The highest BCUT2D eigenvalue weighted by atomic mass is 19.4. The lowest BCUT2D eigenvalue weighted by Crippen LogP contribution is -2.26. The summed E-state index contributed by atoms with van der Waals surface area (Å²) >= 11 is 0. The van der Waals surface area contributed by atoms with Crippen molar-refractivity contribution in [2.75, 3.05) is 5.32 Å². The maximum atomic E-state index is 13.5. The molecule has 5 aromatic rings. The molecule has 0 bridgehead atoms. The summed E-state index contributed by atoms with van der Waals surface area (Å²) in [5, 5.41) is 3.03. The molecule has 0 aliphatic heterocycles. The van der Waals surface area contributed by atoms with Crippen molar-refractivity contribution >= 4 is 33.5 Å². The average Bonchev–Trinajstić information content (AvgIpc) is 3.15. The number of benzene rings is 3. The molecule has 0 fully saturated rings. The van der Waals surface area contributed by atoms with E-state index >= 15 is 0 Å². The summed E-state index contributed by atoms with van der Waals surface area (Å²) in [5.41, 5.74) is 0.498. The van der Waals surface area contributed by atoms with Gasteiger partial charge in [-0.05, 0) is 23.8 Å². The molecular weight excluding hydrogens is 457 g/mol. The van der Waals surface area contributed by atoms with Crippen molar-refractivity contribution < 1.29 is 18.0 Å². The van der Waals surface area contributed by atoms with Crippen LogP contribution in [0.2, 0.25) is 0 Å². The summed E-state index contributed by atoms with van der Waals surface area (Å²) in [6.45, 7) is -0.0717. The smallest absolute Gasteiger partial charge is 0.325 e. The summed E-state index contributed by atoms with van der Waals surface area (Å²) in [6, 6.07) is 21.2. The van der Waals surface area contributed by atoms with Gasteiger partial charge in [0.25, 0.3) is 5.56 Å². The number of aromatic nitrogens is 3. The van der Waals surface area contributed by atoms with E-state index in [1.165, 1.54) is 33.7 Å². The third-order valence-corrected chi connectivity index (χ3v) is 5.74. The van der Waals surface area contributed by atoms with Crippen LogP contribution < -0.4 is 10.9 Å². The van der Waals surface area contributed by atoms with Gasteiger partial charge in [-0.15, -0.1) is 0 Å². The number of halogens is 3. The Balaban J connectivity index is 1.57. The average molecular weight is 476 g/mol. The normalized spacial score (nSPS) is 11.7. The van der Waals surface area contributed by atoms with E-state index in [0.717, 1.165) is 11.6 Å². The van der Waals surface area contributed by atoms with Crippen molar-refractivity contribution in [2.24, 2.45) is 0 Å². The molecule has 0 saturated heterocycles. The zero-order valence-corrected chi connectivity index (χ0v) is 18.3. The van der Waals surface area contributed by atoms with Crippen molar-refractivity contribution in [2.45, 2.75) is 19.3 Å². The van der Waals surface area contributed by atoms with Crippen molar-refractivity contribution in [3.63, 3.8) is 0 Å². The van der Waals surface area contributed by atoms with E-state index in [1.54, 1.807) is 24.3 Å². The number of alkyl halides is 3. The second kappa shape index (κ2) is 8.75. The van der Waals surface area contributed by atoms with Gasteiger partial charge >= 0.3 is 6.18 Å². The molecule has 0 atom stereocenters. The maximum absolute atomic E-state index is 13.5. The molecule has 176 valence electrons. The highest BCUT2D eigenvalue weighted by Gasteiger charge is 2.33. The van der Waals surface area contributed by atoms with Gasteiger partial charge in [-0.1, -0.05) is 60.7 Å². The number of para-hydroxylation sites is 2. The first-order chi connectivity index (χ1) is 16.8. The predicted molar refractivity (Wildman–Crippen MR) is 127 cm³/mol. The molecule has 6 nitrogen and oxygen atoms in total. The molecule has 0 saturated carbocycles. The van der Waals surface area contributed by atoms with Crippen LogP contribution in [0.25, 0.3) is 21.9 Å². The Morgan fingerprint density at radius 2 is 1.60 bits per heavy atom. The second-order valence-corrected chi connectivity index (χ2v) is 8.06. The van der Waals surface area contributed by atoms with Crippen LogP contribution in [0, 0.1) is 0 Å². The van der Waals surface area contributed by atoms with E-state index in [4.69, 9.17) is 0 Å². The van der Waals surface area contributed by atoms with Gasteiger partial charge in [-0.25, -0.2) is 4.98 Å². The predicted octanol–water partition coefficient (Wildman–Crippen LogP) is 5.06. The maximum Gasteiger partial charge on any atom is 0.418 e. The van der Waals surface area contributed by atoms with Crippen molar-refractivity contribution in [3.8, 4) is 0 Å². The fourth-order valence-electron chi connectivity index (χ4n) is 4.18. The largest absolute Gasteiger partial charge is 0.418 e. The minimum absolute atomic E-state index is 0.212. The third kappa shape index (κ3) is 4.28. The molecule has 0 aliphatic rings. The van der Waals surface area contributed by atoms with E-state index in [0.29, 0.717) is 16.4 Å². The Morgan fingerprint density at radius 3 is 2.37 bits per heavy atom. The Hall–Kier alpha value is -4.40. The summed E-state index contributed by atoms with van der Waals surface area (Å²) in [6.07, 6.45) is -3.15. The van der Waals surface area contributed by atoms with Crippen LogP contribution in [0.5, 0.6) is 0 Å². The van der Waals surface area contributed by atoms with Crippen LogP contribution in [0.1, 0.15) is 11.1 Å². The molecule has 2 heterocycles. The van der Waals surface area contributed by atoms with E-state index in [9.17, 15) is 22.8 Å². The summed E-state index contributed by atoms with van der Waals surface area (Å²) in [5.74, 6) is -0.692. The zero-order valence-electron chi connectivity index (χ0n) is 18.3. The van der Waals surface area contributed by atoms with Gasteiger partial charge in [0, 0.05) is 5.39 Å². The van der Waals surface area contributed by atoms with Crippen molar-refractivity contribution in [1.29, 1.82) is 0 Å². The van der Waals surface area contributed by atoms with Crippen LogP contribution in [-0.2, 0) is 24.1 Å². The van der Waals surface area contributed by atoms with Crippen LogP contribution in [0.3, 0.4) is 0 Å². The van der Waals surface area contributed by atoms with Gasteiger partial charge in [0.15, 0.2) is 0 Å². The first-order valence-corrected chi connectivity index (χ1v) is 10.8. The molecule has 3 aromatic carbocycles. The molecular formula is C26H19F3N4O2. The number of anilines is 1. The number of carbonyl (C=O) groups is 1. The SMILES string of the molecule is O=C(Cn1c2ccccc2c2ncn(Cc3ccccc3)c(=O)c21)Nc1ccccc1C(F)(F)F. The molecule has 1 amide bonds. The van der Waals surface area contributed by atoms with E-state index in [1.807, 2.05) is 30.3 Å². The molecule has 0 spiro atoms. The minimum atomic E-state index is -4.62. The monoisotopic (exact) mass is 476 g/mol. The third-order valence-electron chi connectivity index (χ3n) is 5.74. The lowest BCUT2D eigenvalue weighted by molar-refractivity contribution is -0.137. The number of nitrogens with zero attached hydrogens (tertiary/aromatic N) is 3. The molecule has 0 radical (unpaired) electrons. The molecule has 1 N–H and O–H groups in total. The van der Waals surface area contributed by atoms with E-state index in [-0.39, 0.29) is 29.9 Å². The Bertz CT molecular complexity index is 1600. The minimum Gasteiger partial charge on any atom is -0.325 e. The van der Waals surface area contributed by atoms with Crippen molar-refractivity contribution in [1.82, 2.24) is 14.1 Å². The van der Waals surface area contributed by atoms with Crippen molar-refractivity contribution in [3.05, 3.63) is 107 Å². The van der Waals surface area contributed by atoms with Gasteiger partial charge in [0.05, 0.1) is 29.6 Å². The number of amides is 1. The summed E-state index contributed by atoms with van der Waals surface area (Å²) in [4.78, 5) is 30.9. The number of fused-ring (bicyclic) bond motifs is 3. The van der Waals surface area contributed by atoms with Crippen LogP contribution in [0.4, 0.5) is 18.9 Å².